The lowest BCUT2D eigenvalue weighted by Crippen LogP contribution is -2.29. The second kappa shape index (κ2) is 6.30. The molecule has 2 N–H and O–H groups in total. The number of carbonyl (C=O) groups excluding carboxylic acids is 1. The third-order valence-corrected chi connectivity index (χ3v) is 3.26. The minimum absolute atomic E-state index is 0.0134. The van der Waals surface area contributed by atoms with Gasteiger partial charge >= 0.3 is 0 Å². The van der Waals surface area contributed by atoms with Crippen LogP contribution in [0.15, 0.2) is 18.2 Å². The van der Waals surface area contributed by atoms with Gasteiger partial charge in [-0.2, -0.15) is 0 Å². The van der Waals surface area contributed by atoms with Crippen LogP contribution in [0.5, 0.6) is 5.75 Å². The van der Waals surface area contributed by atoms with Crippen LogP contribution in [0, 0.1) is 3.57 Å². The molecule has 0 bridgehead atoms. The molecule has 88 valence electrons. The van der Waals surface area contributed by atoms with Crippen molar-refractivity contribution in [2.75, 3.05) is 6.54 Å². The molecule has 1 amide bonds. The number of hydrogen-bond acceptors (Lipinski definition) is 2. The van der Waals surface area contributed by atoms with Crippen molar-refractivity contribution in [1.82, 2.24) is 5.32 Å². The van der Waals surface area contributed by atoms with Crippen molar-refractivity contribution in [1.29, 1.82) is 0 Å². The number of benzene rings is 1. The molecular weight excluding hydrogens is 340 g/mol. The second-order valence-electron chi connectivity index (χ2n) is 3.38. The fraction of sp³-hybridized carbons (Fsp3) is 0.364. The third-order valence-electron chi connectivity index (χ3n) is 2.13. The number of halogens is 2. The molecule has 1 atom stereocenters. The average molecular weight is 354 g/mol. The molecule has 0 fully saturated rings. The highest BCUT2D eigenvalue weighted by Crippen LogP contribution is 2.19. The lowest BCUT2D eigenvalue weighted by atomic mass is 10.2. The molecule has 0 aliphatic heterocycles. The predicted octanol–water partition coefficient (Wildman–Crippen LogP) is 2.74. The number of aromatic hydroxyl groups is 1. The summed E-state index contributed by atoms with van der Waals surface area (Å²) in [6.45, 7) is 2.36. The number of carbonyl (C=O) groups is 1. The molecule has 0 spiro atoms. The monoisotopic (exact) mass is 353 g/mol. The normalized spacial score (nSPS) is 12.2. The Morgan fingerprint density at radius 3 is 2.94 bits per heavy atom. The Balaban J connectivity index is 2.69. The molecule has 3 nitrogen and oxygen atoms in total. The Morgan fingerprint density at radius 2 is 2.31 bits per heavy atom. The van der Waals surface area contributed by atoms with Crippen molar-refractivity contribution in [3.63, 3.8) is 0 Å². The van der Waals surface area contributed by atoms with Gasteiger partial charge in [-0.25, -0.2) is 0 Å². The Labute approximate surface area is 113 Å². The largest absolute Gasteiger partial charge is 0.507 e. The summed E-state index contributed by atoms with van der Waals surface area (Å²) in [5, 5.41) is 12.1. The molecule has 0 aliphatic rings. The van der Waals surface area contributed by atoms with Crippen LogP contribution in [-0.2, 0) is 0 Å². The van der Waals surface area contributed by atoms with Gasteiger partial charge in [-0.3, -0.25) is 4.79 Å². The maximum absolute atomic E-state index is 11.7. The molecule has 5 heteroatoms. The van der Waals surface area contributed by atoms with Crippen LogP contribution >= 0.6 is 34.2 Å². The summed E-state index contributed by atoms with van der Waals surface area (Å²) in [5.41, 5.74) is 0.284. The Bertz CT molecular complexity index is 384. The number of amides is 1. The molecule has 1 rings (SSSR count). The molecule has 0 saturated heterocycles. The maximum atomic E-state index is 11.7. The first-order chi connectivity index (χ1) is 7.54. The van der Waals surface area contributed by atoms with Gasteiger partial charge in [0.05, 0.1) is 10.9 Å². The van der Waals surface area contributed by atoms with E-state index in [2.05, 4.69) is 27.9 Å². The summed E-state index contributed by atoms with van der Waals surface area (Å²) >= 11 is 7.98. The van der Waals surface area contributed by atoms with Crippen molar-refractivity contribution in [2.45, 2.75) is 18.7 Å². The molecule has 1 aromatic rings. The zero-order valence-electron chi connectivity index (χ0n) is 8.84. The quantitative estimate of drug-likeness (QED) is 0.646. The molecule has 0 aliphatic carbocycles. The number of rotatable bonds is 4. The molecule has 0 saturated carbocycles. The number of hydrogen-bond donors (Lipinski definition) is 2. The van der Waals surface area contributed by atoms with E-state index in [1.807, 2.05) is 6.92 Å². The lowest BCUT2D eigenvalue weighted by molar-refractivity contribution is 0.0950. The van der Waals surface area contributed by atoms with Crippen LogP contribution in [0.3, 0.4) is 0 Å². The van der Waals surface area contributed by atoms with E-state index in [0.717, 1.165) is 9.99 Å². The smallest absolute Gasteiger partial charge is 0.255 e. The van der Waals surface area contributed by atoms with Crippen LogP contribution in [0.4, 0.5) is 0 Å². The molecule has 1 unspecified atom stereocenters. The number of phenolic OH excluding ortho intramolecular Hbond substituents is 1. The predicted molar refractivity (Wildman–Crippen MR) is 73.1 cm³/mol. The fourth-order valence-electron chi connectivity index (χ4n) is 1.13. The van der Waals surface area contributed by atoms with E-state index in [9.17, 15) is 9.90 Å². The van der Waals surface area contributed by atoms with Gasteiger partial charge in [0.25, 0.3) is 5.91 Å². The number of alkyl halides is 1. The van der Waals surface area contributed by atoms with Crippen LogP contribution in [0.1, 0.15) is 23.7 Å². The lowest BCUT2D eigenvalue weighted by Gasteiger charge is -2.09. The highest BCUT2D eigenvalue weighted by molar-refractivity contribution is 14.1. The van der Waals surface area contributed by atoms with Crippen LogP contribution in [0.2, 0.25) is 0 Å². The molecule has 16 heavy (non-hydrogen) atoms. The van der Waals surface area contributed by atoms with E-state index < -0.39 is 0 Å². The van der Waals surface area contributed by atoms with Gasteiger partial charge in [-0.1, -0.05) is 6.92 Å². The number of nitrogens with one attached hydrogen (secondary N) is 1. The first kappa shape index (κ1) is 13.6. The standard InChI is InChI=1S/C11H13ClINO2/c1-2-7(12)6-14-11(16)9-5-8(13)3-4-10(9)15/h3-5,7,15H,2,6H2,1H3,(H,14,16). The third kappa shape index (κ3) is 3.83. The van der Waals surface area contributed by atoms with Crippen molar-refractivity contribution in [3.05, 3.63) is 27.3 Å². The average Bonchev–Trinajstić information content (AvgIpc) is 2.28. The summed E-state index contributed by atoms with van der Waals surface area (Å²) in [4.78, 5) is 11.7. The van der Waals surface area contributed by atoms with E-state index in [4.69, 9.17) is 11.6 Å². The fourth-order valence-corrected chi connectivity index (χ4v) is 1.70. The van der Waals surface area contributed by atoms with Gasteiger partial charge in [-0.05, 0) is 47.2 Å². The van der Waals surface area contributed by atoms with Gasteiger partial charge in [-0.15, -0.1) is 11.6 Å². The Kier molecular flexibility index (Phi) is 5.34. The SMILES string of the molecule is CCC(Cl)CNC(=O)c1cc(I)ccc1O. The van der Waals surface area contributed by atoms with Gasteiger partial charge in [0, 0.05) is 10.1 Å². The van der Waals surface area contributed by atoms with Crippen LogP contribution < -0.4 is 5.32 Å². The highest BCUT2D eigenvalue weighted by atomic mass is 127. The topological polar surface area (TPSA) is 49.3 Å². The van der Waals surface area contributed by atoms with Crippen molar-refractivity contribution < 1.29 is 9.90 Å². The summed E-state index contributed by atoms with van der Waals surface area (Å²) in [7, 11) is 0. The van der Waals surface area contributed by atoms with Crippen LogP contribution in [0.25, 0.3) is 0 Å². The van der Waals surface area contributed by atoms with E-state index in [1.165, 1.54) is 6.07 Å². The van der Waals surface area contributed by atoms with E-state index >= 15 is 0 Å². The molecular formula is C11H13ClINO2. The zero-order valence-corrected chi connectivity index (χ0v) is 11.7. The first-order valence-corrected chi connectivity index (χ1v) is 6.47. The van der Waals surface area contributed by atoms with E-state index in [0.29, 0.717) is 6.54 Å². The summed E-state index contributed by atoms with van der Waals surface area (Å²) in [6.07, 6.45) is 0.792. The van der Waals surface area contributed by atoms with Crippen molar-refractivity contribution in [2.24, 2.45) is 0 Å². The van der Waals surface area contributed by atoms with E-state index in [1.54, 1.807) is 12.1 Å². The van der Waals surface area contributed by atoms with Crippen molar-refractivity contribution >= 4 is 40.1 Å². The van der Waals surface area contributed by atoms with Gasteiger partial charge in [0.1, 0.15) is 5.75 Å². The molecule has 1 aromatic carbocycles. The van der Waals surface area contributed by atoms with Gasteiger partial charge in [0.15, 0.2) is 0 Å². The highest BCUT2D eigenvalue weighted by Gasteiger charge is 2.12. The maximum Gasteiger partial charge on any atom is 0.255 e. The summed E-state index contributed by atoms with van der Waals surface area (Å²) in [6, 6.07) is 4.89. The molecule has 0 aromatic heterocycles. The van der Waals surface area contributed by atoms with Gasteiger partial charge < -0.3 is 10.4 Å². The number of phenols is 1. The minimum atomic E-state index is -0.296. The van der Waals surface area contributed by atoms with Crippen LogP contribution in [-0.4, -0.2) is 22.9 Å². The zero-order chi connectivity index (χ0) is 12.1. The Hall–Kier alpha value is -0.490. The van der Waals surface area contributed by atoms with Gasteiger partial charge in [0.2, 0.25) is 0 Å². The second-order valence-corrected chi connectivity index (χ2v) is 5.24. The summed E-state index contributed by atoms with van der Waals surface area (Å²) in [5.74, 6) is -0.310. The minimum Gasteiger partial charge on any atom is -0.507 e. The van der Waals surface area contributed by atoms with Crippen molar-refractivity contribution in [3.8, 4) is 5.75 Å². The summed E-state index contributed by atoms with van der Waals surface area (Å²) < 4.78 is 0.901. The molecule has 0 heterocycles. The Morgan fingerprint density at radius 1 is 1.62 bits per heavy atom. The molecule has 0 radical (unpaired) electrons. The van der Waals surface area contributed by atoms with E-state index in [-0.39, 0.29) is 22.6 Å². The first-order valence-electron chi connectivity index (χ1n) is 4.95.